The molecule has 1 nitrogen and oxygen atoms in total. The third-order valence-electron chi connectivity index (χ3n) is 0.722. The van der Waals surface area contributed by atoms with Crippen LogP contribution in [0.1, 0.15) is 0 Å². The van der Waals surface area contributed by atoms with Crippen LogP contribution in [0.3, 0.4) is 0 Å². The lowest BCUT2D eigenvalue weighted by atomic mass is 10.5. The lowest BCUT2D eigenvalue weighted by molar-refractivity contribution is 0.194. The fraction of sp³-hybridized carbons (Fsp3) is 0.250. The highest BCUT2D eigenvalue weighted by Crippen LogP contribution is 1.77. The van der Waals surface area contributed by atoms with Gasteiger partial charge in [0.1, 0.15) is 0 Å². The van der Waals surface area contributed by atoms with Crippen molar-refractivity contribution in [3.8, 4) is 0 Å². The van der Waals surface area contributed by atoms with Crippen LogP contribution in [0.2, 0.25) is 0 Å². The molecule has 0 aliphatic heterocycles. The summed E-state index contributed by atoms with van der Waals surface area (Å²) in [5.74, 6) is 0. The van der Waals surface area contributed by atoms with Gasteiger partial charge < -0.3 is 4.74 Å². The quantitative estimate of drug-likeness (QED) is 0.309. The summed E-state index contributed by atoms with van der Waals surface area (Å²) < 4.78 is 5.03. The highest BCUT2D eigenvalue weighted by atomic mass is 16.5. The first kappa shape index (κ1) is 8.18. The van der Waals surface area contributed by atoms with Crippen LogP contribution < -0.4 is 0 Å². The van der Waals surface area contributed by atoms with E-state index in [1.54, 1.807) is 12.2 Å². The summed E-state index contributed by atoms with van der Waals surface area (Å²) in [5, 5.41) is 0. The van der Waals surface area contributed by atoms with Gasteiger partial charge in [-0.05, 0) is 0 Å². The Labute approximate surface area is 56.3 Å². The highest BCUT2D eigenvalue weighted by Gasteiger charge is 1.73. The van der Waals surface area contributed by atoms with Gasteiger partial charge in [-0.3, -0.25) is 0 Å². The molecule has 0 aliphatic rings. The zero-order chi connectivity index (χ0) is 6.95. The minimum Gasteiger partial charge on any atom is -0.373 e. The first-order valence-corrected chi connectivity index (χ1v) is 2.88. The van der Waals surface area contributed by atoms with Crippen molar-refractivity contribution in [1.29, 1.82) is 0 Å². The van der Waals surface area contributed by atoms with Crippen LogP contribution in [0.25, 0.3) is 0 Å². The summed E-state index contributed by atoms with van der Waals surface area (Å²) in [6.07, 6.45) is 7.19. The molecule has 0 radical (unpaired) electrons. The first-order valence-electron chi connectivity index (χ1n) is 2.88. The van der Waals surface area contributed by atoms with E-state index < -0.39 is 0 Å². The molecule has 0 amide bonds. The molecule has 0 rings (SSSR count). The monoisotopic (exact) mass is 124 g/mol. The number of hydrogen-bond donors (Lipinski definition) is 0. The number of allylic oxidation sites excluding steroid dienone is 2. The third kappa shape index (κ3) is 7.18. The van der Waals surface area contributed by atoms with Gasteiger partial charge in [0, 0.05) is 0 Å². The van der Waals surface area contributed by atoms with Gasteiger partial charge in [-0.25, -0.2) is 0 Å². The summed E-state index contributed by atoms with van der Waals surface area (Å²) in [6, 6.07) is 0. The standard InChI is InChI=1S/C8H12O/c1-3-5-6-8-9-7-4-2/h3-6H,1-2,7-8H2. The van der Waals surface area contributed by atoms with E-state index in [1.807, 2.05) is 12.2 Å². The van der Waals surface area contributed by atoms with Crippen LogP contribution >= 0.6 is 0 Å². The Morgan fingerprint density at radius 1 is 1.22 bits per heavy atom. The molecule has 0 aliphatic carbocycles. The molecule has 0 aromatic carbocycles. The van der Waals surface area contributed by atoms with Gasteiger partial charge in [-0.15, -0.1) is 6.58 Å². The number of ether oxygens (including phenoxy) is 1. The molecule has 0 fully saturated rings. The van der Waals surface area contributed by atoms with E-state index in [4.69, 9.17) is 4.74 Å². The van der Waals surface area contributed by atoms with Gasteiger partial charge in [0.2, 0.25) is 0 Å². The Morgan fingerprint density at radius 3 is 2.56 bits per heavy atom. The molecule has 0 saturated heterocycles. The fourth-order valence-corrected chi connectivity index (χ4v) is 0.371. The SMILES string of the molecule is C=CC=CCOCC=C. The van der Waals surface area contributed by atoms with Crippen LogP contribution in [0, 0.1) is 0 Å². The van der Waals surface area contributed by atoms with E-state index in [2.05, 4.69) is 13.2 Å². The van der Waals surface area contributed by atoms with Crippen molar-refractivity contribution in [1.82, 2.24) is 0 Å². The molecule has 9 heavy (non-hydrogen) atoms. The van der Waals surface area contributed by atoms with Crippen LogP contribution in [0.4, 0.5) is 0 Å². The summed E-state index contributed by atoms with van der Waals surface area (Å²) in [6.45, 7) is 8.27. The van der Waals surface area contributed by atoms with Crippen molar-refractivity contribution in [3.05, 3.63) is 37.5 Å². The largest absolute Gasteiger partial charge is 0.373 e. The zero-order valence-electron chi connectivity index (χ0n) is 5.55. The van der Waals surface area contributed by atoms with Gasteiger partial charge in [0.15, 0.2) is 0 Å². The Kier molecular flexibility index (Phi) is 6.53. The molecular weight excluding hydrogens is 112 g/mol. The van der Waals surface area contributed by atoms with E-state index in [0.717, 1.165) is 0 Å². The first-order chi connectivity index (χ1) is 4.41. The van der Waals surface area contributed by atoms with Gasteiger partial charge >= 0.3 is 0 Å². The number of rotatable bonds is 5. The molecule has 50 valence electrons. The molecule has 0 bridgehead atoms. The lowest BCUT2D eigenvalue weighted by Crippen LogP contribution is -1.88. The Morgan fingerprint density at radius 2 is 2.00 bits per heavy atom. The smallest absolute Gasteiger partial charge is 0.0654 e. The minimum absolute atomic E-state index is 0.613. The second-order valence-corrected chi connectivity index (χ2v) is 1.49. The third-order valence-corrected chi connectivity index (χ3v) is 0.722. The van der Waals surface area contributed by atoms with Crippen LogP contribution in [0.5, 0.6) is 0 Å². The summed E-state index contributed by atoms with van der Waals surface area (Å²) >= 11 is 0. The van der Waals surface area contributed by atoms with Crippen LogP contribution in [-0.2, 0) is 4.74 Å². The Balaban J connectivity index is 2.98. The minimum atomic E-state index is 0.613. The summed E-state index contributed by atoms with van der Waals surface area (Å²) in [5.41, 5.74) is 0. The van der Waals surface area contributed by atoms with Gasteiger partial charge in [0.25, 0.3) is 0 Å². The molecule has 0 saturated carbocycles. The van der Waals surface area contributed by atoms with Gasteiger partial charge in [-0.1, -0.05) is 30.9 Å². The van der Waals surface area contributed by atoms with E-state index in [0.29, 0.717) is 13.2 Å². The summed E-state index contributed by atoms with van der Waals surface area (Å²) in [4.78, 5) is 0. The average molecular weight is 124 g/mol. The van der Waals surface area contributed by atoms with Crippen LogP contribution in [-0.4, -0.2) is 13.2 Å². The van der Waals surface area contributed by atoms with Gasteiger partial charge in [0.05, 0.1) is 13.2 Å². The molecule has 0 aromatic heterocycles. The molecule has 1 heteroatoms. The second kappa shape index (κ2) is 7.18. The van der Waals surface area contributed by atoms with Crippen molar-refractivity contribution in [3.63, 3.8) is 0 Å². The Hall–Kier alpha value is -0.820. The summed E-state index contributed by atoms with van der Waals surface area (Å²) in [7, 11) is 0. The van der Waals surface area contributed by atoms with Crippen molar-refractivity contribution in [2.24, 2.45) is 0 Å². The van der Waals surface area contributed by atoms with Gasteiger partial charge in [-0.2, -0.15) is 0 Å². The molecular formula is C8H12O. The molecule has 0 atom stereocenters. The maximum absolute atomic E-state index is 5.03. The maximum Gasteiger partial charge on any atom is 0.0654 e. The maximum atomic E-state index is 5.03. The van der Waals surface area contributed by atoms with Crippen molar-refractivity contribution >= 4 is 0 Å². The van der Waals surface area contributed by atoms with Crippen molar-refractivity contribution in [2.75, 3.05) is 13.2 Å². The predicted octanol–water partition coefficient (Wildman–Crippen LogP) is 1.93. The van der Waals surface area contributed by atoms with Crippen molar-refractivity contribution < 1.29 is 4.74 Å². The fourth-order valence-electron chi connectivity index (χ4n) is 0.371. The zero-order valence-corrected chi connectivity index (χ0v) is 5.55. The molecule has 0 unspecified atom stereocenters. The second-order valence-electron chi connectivity index (χ2n) is 1.49. The van der Waals surface area contributed by atoms with E-state index in [9.17, 15) is 0 Å². The molecule has 0 spiro atoms. The molecule has 0 aromatic rings. The normalized spacial score (nSPS) is 9.78. The number of hydrogen-bond acceptors (Lipinski definition) is 1. The van der Waals surface area contributed by atoms with E-state index in [1.165, 1.54) is 0 Å². The topological polar surface area (TPSA) is 9.23 Å². The van der Waals surface area contributed by atoms with Crippen LogP contribution in [0.15, 0.2) is 37.5 Å². The molecule has 0 N–H and O–H groups in total. The Bertz CT molecular complexity index is 103. The predicted molar refractivity (Wildman–Crippen MR) is 40.4 cm³/mol. The van der Waals surface area contributed by atoms with Crippen molar-refractivity contribution in [2.45, 2.75) is 0 Å². The molecule has 0 heterocycles. The highest BCUT2D eigenvalue weighted by molar-refractivity contribution is 4.96. The lowest BCUT2D eigenvalue weighted by Gasteiger charge is -1.91. The average Bonchev–Trinajstić information content (AvgIpc) is 1.89. The van der Waals surface area contributed by atoms with E-state index in [-0.39, 0.29) is 0 Å². The van der Waals surface area contributed by atoms with E-state index >= 15 is 0 Å².